The molecule has 1 aliphatic rings. The van der Waals surface area contributed by atoms with Crippen LogP contribution in [0.15, 0.2) is 18.2 Å². The fraction of sp³-hybridized carbons (Fsp3) is 0.562. The van der Waals surface area contributed by atoms with Crippen LogP contribution >= 0.6 is 0 Å². The number of benzene rings is 1. The first-order chi connectivity index (χ1) is 9.52. The zero-order valence-electron chi connectivity index (χ0n) is 12.8. The third-order valence-corrected chi connectivity index (χ3v) is 4.24. The van der Waals surface area contributed by atoms with Crippen molar-refractivity contribution in [2.45, 2.75) is 32.7 Å². The smallest absolute Gasteiger partial charge is 0.124 e. The van der Waals surface area contributed by atoms with Crippen molar-refractivity contribution in [3.63, 3.8) is 0 Å². The molecule has 0 aliphatic carbocycles. The Labute approximate surface area is 122 Å². The van der Waals surface area contributed by atoms with Gasteiger partial charge in [-0.25, -0.2) is 0 Å². The second-order valence-electron chi connectivity index (χ2n) is 5.74. The van der Waals surface area contributed by atoms with Crippen LogP contribution in [0.5, 0.6) is 0 Å². The van der Waals surface area contributed by atoms with Crippen LogP contribution in [0.2, 0.25) is 0 Å². The summed E-state index contributed by atoms with van der Waals surface area (Å²) in [4.78, 5) is 4.78. The van der Waals surface area contributed by atoms with Gasteiger partial charge in [-0.2, -0.15) is 0 Å². The number of likely N-dealkylation sites (N-methyl/N-ethyl adjacent to an activating group) is 2. The van der Waals surface area contributed by atoms with Gasteiger partial charge in [0.05, 0.1) is 0 Å². The van der Waals surface area contributed by atoms with Gasteiger partial charge in [-0.3, -0.25) is 10.3 Å². The van der Waals surface area contributed by atoms with E-state index in [2.05, 4.69) is 35.9 Å². The number of nitrogens with two attached hydrogens (primary N) is 1. The predicted molar refractivity (Wildman–Crippen MR) is 85.7 cm³/mol. The maximum atomic E-state index is 7.77. The molecule has 20 heavy (non-hydrogen) atoms. The molecule has 1 atom stereocenters. The van der Waals surface area contributed by atoms with Gasteiger partial charge < -0.3 is 10.6 Å². The molecular weight excluding hydrogens is 248 g/mol. The highest BCUT2D eigenvalue weighted by Crippen LogP contribution is 2.24. The molecule has 4 heteroatoms. The van der Waals surface area contributed by atoms with Crippen molar-refractivity contribution in [2.75, 3.05) is 31.6 Å². The van der Waals surface area contributed by atoms with Gasteiger partial charge in [0.25, 0.3) is 0 Å². The van der Waals surface area contributed by atoms with E-state index in [0.29, 0.717) is 6.04 Å². The van der Waals surface area contributed by atoms with E-state index in [0.717, 1.165) is 29.9 Å². The van der Waals surface area contributed by atoms with Crippen LogP contribution in [0.4, 0.5) is 5.69 Å². The van der Waals surface area contributed by atoms with Crippen LogP contribution in [-0.4, -0.2) is 43.5 Å². The molecule has 0 radical (unpaired) electrons. The molecule has 2 rings (SSSR count). The van der Waals surface area contributed by atoms with Gasteiger partial charge >= 0.3 is 0 Å². The number of anilines is 1. The highest BCUT2D eigenvalue weighted by Gasteiger charge is 2.24. The fourth-order valence-corrected chi connectivity index (χ4v) is 3.13. The summed E-state index contributed by atoms with van der Waals surface area (Å²) in [5.41, 5.74) is 8.77. The number of hydrogen-bond acceptors (Lipinski definition) is 3. The summed E-state index contributed by atoms with van der Waals surface area (Å²) in [7, 11) is 2.10. The fourth-order valence-electron chi connectivity index (χ4n) is 3.13. The molecule has 4 nitrogen and oxygen atoms in total. The van der Waals surface area contributed by atoms with Crippen molar-refractivity contribution in [3.05, 3.63) is 29.3 Å². The molecule has 1 aliphatic heterocycles. The van der Waals surface area contributed by atoms with Crippen molar-refractivity contribution in [2.24, 2.45) is 5.73 Å². The third kappa shape index (κ3) is 3.12. The monoisotopic (exact) mass is 274 g/mol. The lowest BCUT2D eigenvalue weighted by molar-refractivity contribution is 0.270. The summed E-state index contributed by atoms with van der Waals surface area (Å²) >= 11 is 0. The molecule has 1 unspecified atom stereocenters. The molecule has 0 saturated carbocycles. The topological polar surface area (TPSA) is 56.4 Å². The number of hydrogen-bond donors (Lipinski definition) is 2. The lowest BCUT2D eigenvalue weighted by Gasteiger charge is -2.30. The Morgan fingerprint density at radius 2 is 2.25 bits per heavy atom. The van der Waals surface area contributed by atoms with Gasteiger partial charge in [0.1, 0.15) is 5.84 Å². The summed E-state index contributed by atoms with van der Waals surface area (Å²) in [6, 6.07) is 6.79. The summed E-state index contributed by atoms with van der Waals surface area (Å²) in [6.07, 6.45) is 2.55. The van der Waals surface area contributed by atoms with Crippen LogP contribution in [0, 0.1) is 12.3 Å². The normalized spacial score (nSPS) is 19.2. The number of likely N-dealkylation sites (tertiary alicyclic amines) is 1. The highest BCUT2D eigenvalue weighted by molar-refractivity contribution is 6.00. The number of aryl methyl sites for hydroxylation is 1. The lowest BCUT2D eigenvalue weighted by Crippen LogP contribution is -2.39. The third-order valence-electron chi connectivity index (χ3n) is 4.24. The first-order valence-corrected chi connectivity index (χ1v) is 7.43. The quantitative estimate of drug-likeness (QED) is 0.639. The van der Waals surface area contributed by atoms with E-state index in [9.17, 15) is 0 Å². The molecule has 0 amide bonds. The molecule has 1 aromatic carbocycles. The van der Waals surface area contributed by atoms with Gasteiger partial charge in [0, 0.05) is 30.9 Å². The summed E-state index contributed by atoms with van der Waals surface area (Å²) < 4.78 is 0. The number of rotatable bonds is 5. The van der Waals surface area contributed by atoms with Crippen molar-refractivity contribution >= 4 is 11.5 Å². The van der Waals surface area contributed by atoms with Gasteiger partial charge in [-0.05, 0) is 45.0 Å². The number of amidine groups is 1. The maximum absolute atomic E-state index is 7.77. The SMILES string of the molecule is CCN1CCCC1CN(C)c1ccc(C)cc1C(=N)N. The largest absolute Gasteiger partial charge is 0.384 e. The number of nitrogens with one attached hydrogen (secondary N) is 1. The first-order valence-electron chi connectivity index (χ1n) is 7.43. The molecule has 1 fully saturated rings. The van der Waals surface area contributed by atoms with Crippen molar-refractivity contribution < 1.29 is 0 Å². The van der Waals surface area contributed by atoms with E-state index >= 15 is 0 Å². The Kier molecular flexibility index (Phi) is 4.65. The molecular formula is C16H26N4. The highest BCUT2D eigenvalue weighted by atomic mass is 15.2. The number of nitrogen functional groups attached to an aromatic ring is 1. The van der Waals surface area contributed by atoms with Crippen LogP contribution in [0.1, 0.15) is 30.9 Å². The summed E-state index contributed by atoms with van der Waals surface area (Å²) in [6.45, 7) is 7.59. The zero-order chi connectivity index (χ0) is 14.7. The van der Waals surface area contributed by atoms with Crippen LogP contribution < -0.4 is 10.6 Å². The number of nitrogens with zero attached hydrogens (tertiary/aromatic N) is 2. The molecule has 1 aromatic rings. The Hall–Kier alpha value is -1.55. The Morgan fingerprint density at radius 1 is 1.50 bits per heavy atom. The van der Waals surface area contributed by atoms with Crippen LogP contribution in [0.25, 0.3) is 0 Å². The Morgan fingerprint density at radius 3 is 2.90 bits per heavy atom. The van der Waals surface area contributed by atoms with Gasteiger partial charge in [0.2, 0.25) is 0 Å². The summed E-state index contributed by atoms with van der Waals surface area (Å²) in [5.74, 6) is 0.148. The van der Waals surface area contributed by atoms with Crippen molar-refractivity contribution in [1.82, 2.24) is 4.90 Å². The molecule has 0 spiro atoms. The van der Waals surface area contributed by atoms with E-state index in [1.165, 1.54) is 19.4 Å². The predicted octanol–water partition coefficient (Wildman–Crippen LogP) is 2.20. The van der Waals surface area contributed by atoms with E-state index in [4.69, 9.17) is 11.1 Å². The lowest BCUT2D eigenvalue weighted by atomic mass is 10.1. The van der Waals surface area contributed by atoms with Gasteiger partial charge in [-0.1, -0.05) is 18.6 Å². The second kappa shape index (κ2) is 6.27. The molecule has 1 heterocycles. The molecule has 0 bridgehead atoms. The minimum atomic E-state index is 0.148. The average molecular weight is 274 g/mol. The molecule has 1 saturated heterocycles. The Bertz CT molecular complexity index is 483. The van der Waals surface area contributed by atoms with E-state index in [-0.39, 0.29) is 5.84 Å². The molecule has 110 valence electrons. The second-order valence-corrected chi connectivity index (χ2v) is 5.74. The van der Waals surface area contributed by atoms with E-state index in [1.807, 2.05) is 13.0 Å². The maximum Gasteiger partial charge on any atom is 0.124 e. The van der Waals surface area contributed by atoms with Gasteiger partial charge in [0.15, 0.2) is 0 Å². The standard InChI is InChI=1S/C16H26N4/c1-4-20-9-5-6-13(20)11-19(3)15-8-7-12(2)10-14(15)16(17)18/h7-8,10,13H,4-6,9,11H2,1-3H3,(H3,17,18). The van der Waals surface area contributed by atoms with E-state index in [1.54, 1.807) is 0 Å². The van der Waals surface area contributed by atoms with Crippen LogP contribution in [0.3, 0.4) is 0 Å². The molecule has 3 N–H and O–H groups in total. The zero-order valence-corrected chi connectivity index (χ0v) is 12.8. The van der Waals surface area contributed by atoms with Crippen molar-refractivity contribution in [3.8, 4) is 0 Å². The Balaban J connectivity index is 2.16. The summed E-state index contributed by atoms with van der Waals surface area (Å²) in [5, 5.41) is 7.77. The minimum absolute atomic E-state index is 0.148. The van der Waals surface area contributed by atoms with Crippen molar-refractivity contribution in [1.29, 1.82) is 5.41 Å². The first kappa shape index (κ1) is 14.9. The average Bonchev–Trinajstić information content (AvgIpc) is 2.85. The molecule has 0 aromatic heterocycles. The van der Waals surface area contributed by atoms with Crippen LogP contribution in [-0.2, 0) is 0 Å². The van der Waals surface area contributed by atoms with Gasteiger partial charge in [-0.15, -0.1) is 0 Å². The van der Waals surface area contributed by atoms with E-state index < -0.39 is 0 Å². The minimum Gasteiger partial charge on any atom is -0.384 e.